The van der Waals surface area contributed by atoms with Gasteiger partial charge in [0.25, 0.3) is 11.8 Å². The SMILES string of the molecule is C=CCOc1ccccc1/C=C1\C(=O)NC(=O)N(c2cc(Cl)ccc2C)C1=O. The third-order valence-corrected chi connectivity index (χ3v) is 4.32. The maximum absolute atomic E-state index is 13.0. The fraction of sp³-hybridized carbons (Fsp3) is 0.0952. The highest BCUT2D eigenvalue weighted by Crippen LogP contribution is 2.29. The monoisotopic (exact) mass is 396 g/mol. The molecule has 142 valence electrons. The molecular formula is C21H17ClN2O4. The van der Waals surface area contributed by atoms with Crippen molar-refractivity contribution in [3.63, 3.8) is 0 Å². The minimum Gasteiger partial charge on any atom is -0.489 e. The number of benzene rings is 2. The molecule has 1 N–H and O–H groups in total. The Kier molecular flexibility index (Phi) is 5.61. The van der Waals surface area contributed by atoms with E-state index in [0.717, 1.165) is 4.90 Å². The van der Waals surface area contributed by atoms with E-state index < -0.39 is 17.8 Å². The van der Waals surface area contributed by atoms with Crippen LogP contribution in [0.3, 0.4) is 0 Å². The van der Waals surface area contributed by atoms with Crippen LogP contribution in [0.1, 0.15) is 11.1 Å². The van der Waals surface area contributed by atoms with Crippen LogP contribution >= 0.6 is 11.6 Å². The molecule has 0 bridgehead atoms. The molecule has 0 radical (unpaired) electrons. The Morgan fingerprint density at radius 3 is 2.68 bits per heavy atom. The molecule has 28 heavy (non-hydrogen) atoms. The number of rotatable bonds is 5. The number of amides is 4. The van der Waals surface area contributed by atoms with Gasteiger partial charge < -0.3 is 4.74 Å². The summed E-state index contributed by atoms with van der Waals surface area (Å²) in [7, 11) is 0. The molecule has 2 aromatic rings. The van der Waals surface area contributed by atoms with E-state index in [2.05, 4.69) is 11.9 Å². The van der Waals surface area contributed by atoms with E-state index >= 15 is 0 Å². The van der Waals surface area contributed by atoms with Crippen molar-refractivity contribution in [1.82, 2.24) is 5.32 Å². The van der Waals surface area contributed by atoms with Gasteiger partial charge in [0.1, 0.15) is 17.9 Å². The first kappa shape index (κ1) is 19.4. The molecule has 1 fully saturated rings. The number of nitrogens with one attached hydrogen (secondary N) is 1. The van der Waals surface area contributed by atoms with Gasteiger partial charge in [0.05, 0.1) is 5.69 Å². The molecule has 4 amide bonds. The highest BCUT2D eigenvalue weighted by Gasteiger charge is 2.37. The molecule has 0 atom stereocenters. The molecule has 0 spiro atoms. The highest BCUT2D eigenvalue weighted by molar-refractivity contribution is 6.39. The predicted octanol–water partition coefficient (Wildman–Crippen LogP) is 3.88. The van der Waals surface area contributed by atoms with Gasteiger partial charge in [0.2, 0.25) is 0 Å². The molecule has 0 saturated carbocycles. The van der Waals surface area contributed by atoms with E-state index in [1.165, 1.54) is 12.1 Å². The number of hydrogen-bond acceptors (Lipinski definition) is 4. The van der Waals surface area contributed by atoms with Gasteiger partial charge in [-0.2, -0.15) is 0 Å². The van der Waals surface area contributed by atoms with Gasteiger partial charge in [0.15, 0.2) is 0 Å². The lowest BCUT2D eigenvalue weighted by molar-refractivity contribution is -0.122. The van der Waals surface area contributed by atoms with Crippen LogP contribution in [0.25, 0.3) is 6.08 Å². The van der Waals surface area contributed by atoms with Crippen molar-refractivity contribution >= 4 is 41.2 Å². The summed E-state index contributed by atoms with van der Waals surface area (Å²) in [6, 6.07) is 11.0. The second kappa shape index (κ2) is 8.10. The van der Waals surface area contributed by atoms with E-state index in [0.29, 0.717) is 27.6 Å². The van der Waals surface area contributed by atoms with Gasteiger partial charge in [0, 0.05) is 10.6 Å². The first-order valence-electron chi connectivity index (χ1n) is 8.42. The lowest BCUT2D eigenvalue weighted by Gasteiger charge is -2.27. The Morgan fingerprint density at radius 2 is 1.93 bits per heavy atom. The minimum atomic E-state index is -0.825. The topological polar surface area (TPSA) is 75.7 Å². The summed E-state index contributed by atoms with van der Waals surface area (Å²) in [6.45, 7) is 5.61. The molecule has 1 heterocycles. The van der Waals surface area contributed by atoms with Crippen molar-refractivity contribution in [2.75, 3.05) is 11.5 Å². The number of para-hydroxylation sites is 1. The number of aryl methyl sites for hydroxylation is 1. The van der Waals surface area contributed by atoms with E-state index in [1.54, 1.807) is 49.4 Å². The summed E-state index contributed by atoms with van der Waals surface area (Å²) >= 11 is 6.02. The Balaban J connectivity index is 2.05. The molecule has 2 aromatic carbocycles. The zero-order chi connectivity index (χ0) is 20.3. The zero-order valence-corrected chi connectivity index (χ0v) is 15.8. The first-order valence-corrected chi connectivity index (χ1v) is 8.80. The smallest absolute Gasteiger partial charge is 0.335 e. The van der Waals surface area contributed by atoms with Crippen molar-refractivity contribution in [1.29, 1.82) is 0 Å². The van der Waals surface area contributed by atoms with E-state index in [4.69, 9.17) is 16.3 Å². The molecule has 7 heteroatoms. The third-order valence-electron chi connectivity index (χ3n) is 4.09. The summed E-state index contributed by atoms with van der Waals surface area (Å²) in [6.07, 6.45) is 2.99. The average Bonchev–Trinajstić information content (AvgIpc) is 2.66. The van der Waals surface area contributed by atoms with E-state index in [-0.39, 0.29) is 12.2 Å². The summed E-state index contributed by atoms with van der Waals surface area (Å²) in [5, 5.41) is 2.56. The van der Waals surface area contributed by atoms with Crippen molar-refractivity contribution in [2.24, 2.45) is 0 Å². The standard InChI is InChI=1S/C21H17ClN2O4/c1-3-10-28-18-7-5-4-6-14(18)11-16-19(25)23-21(27)24(20(16)26)17-12-15(22)9-8-13(17)2/h3-9,11-12H,1,10H2,2H3,(H,23,25,27)/b16-11+. The number of hydrogen-bond donors (Lipinski definition) is 1. The lowest BCUT2D eigenvalue weighted by Crippen LogP contribution is -2.54. The van der Waals surface area contributed by atoms with Crippen LogP contribution in [0.15, 0.2) is 60.7 Å². The highest BCUT2D eigenvalue weighted by atomic mass is 35.5. The van der Waals surface area contributed by atoms with Gasteiger partial charge in [-0.3, -0.25) is 14.9 Å². The Hall–Kier alpha value is -3.38. The van der Waals surface area contributed by atoms with Crippen LogP contribution in [0.5, 0.6) is 5.75 Å². The van der Waals surface area contributed by atoms with E-state index in [9.17, 15) is 14.4 Å². The Bertz CT molecular complexity index is 1010. The summed E-state index contributed by atoms with van der Waals surface area (Å²) in [4.78, 5) is 38.6. The molecule has 3 rings (SSSR count). The van der Waals surface area contributed by atoms with Crippen LogP contribution in [-0.2, 0) is 9.59 Å². The Morgan fingerprint density at radius 1 is 1.18 bits per heavy atom. The van der Waals surface area contributed by atoms with Crippen LogP contribution in [0, 0.1) is 6.92 Å². The Labute approximate surface area is 167 Å². The normalized spacial score (nSPS) is 15.6. The first-order chi connectivity index (χ1) is 13.4. The van der Waals surface area contributed by atoms with Gasteiger partial charge in [-0.1, -0.05) is 48.5 Å². The van der Waals surface area contributed by atoms with Crippen molar-refractivity contribution in [3.05, 3.63) is 76.8 Å². The number of halogens is 1. The van der Waals surface area contributed by atoms with Crippen LogP contribution in [-0.4, -0.2) is 24.5 Å². The van der Waals surface area contributed by atoms with Gasteiger partial charge in [-0.05, 0) is 36.8 Å². The quantitative estimate of drug-likeness (QED) is 0.472. The molecule has 1 aliphatic heterocycles. The van der Waals surface area contributed by atoms with Crippen LogP contribution in [0.4, 0.5) is 10.5 Å². The predicted molar refractivity (Wildman–Crippen MR) is 107 cm³/mol. The molecule has 6 nitrogen and oxygen atoms in total. The number of carbonyl (C=O) groups excluding carboxylic acids is 3. The second-order valence-corrected chi connectivity index (χ2v) is 6.46. The van der Waals surface area contributed by atoms with Gasteiger partial charge in [-0.25, -0.2) is 9.69 Å². The van der Waals surface area contributed by atoms with E-state index in [1.807, 2.05) is 0 Å². The fourth-order valence-electron chi connectivity index (χ4n) is 2.74. The maximum Gasteiger partial charge on any atom is 0.335 e. The maximum atomic E-state index is 13.0. The summed E-state index contributed by atoms with van der Waals surface area (Å²) in [5.74, 6) is -1.03. The number of nitrogens with zero attached hydrogens (tertiary/aromatic N) is 1. The lowest BCUT2D eigenvalue weighted by atomic mass is 10.1. The molecular weight excluding hydrogens is 380 g/mol. The van der Waals surface area contributed by atoms with Crippen LogP contribution < -0.4 is 15.0 Å². The molecule has 0 unspecified atom stereocenters. The summed E-state index contributed by atoms with van der Waals surface area (Å²) < 4.78 is 5.56. The van der Waals surface area contributed by atoms with Crippen LogP contribution in [0.2, 0.25) is 5.02 Å². The number of ether oxygens (including phenoxy) is 1. The number of barbiturate groups is 1. The van der Waals surface area contributed by atoms with Crippen molar-refractivity contribution in [3.8, 4) is 5.75 Å². The van der Waals surface area contributed by atoms with Crippen molar-refractivity contribution < 1.29 is 19.1 Å². The number of urea groups is 1. The molecule has 0 aromatic heterocycles. The molecule has 1 saturated heterocycles. The third kappa shape index (κ3) is 3.82. The largest absolute Gasteiger partial charge is 0.489 e. The summed E-state index contributed by atoms with van der Waals surface area (Å²) in [5.41, 5.74) is 1.31. The van der Waals surface area contributed by atoms with Gasteiger partial charge in [-0.15, -0.1) is 0 Å². The minimum absolute atomic E-state index is 0.186. The second-order valence-electron chi connectivity index (χ2n) is 6.03. The van der Waals surface area contributed by atoms with Crippen molar-refractivity contribution in [2.45, 2.75) is 6.92 Å². The fourth-order valence-corrected chi connectivity index (χ4v) is 2.90. The molecule has 0 aliphatic carbocycles. The number of carbonyl (C=O) groups is 3. The molecule has 1 aliphatic rings. The zero-order valence-electron chi connectivity index (χ0n) is 15.1. The average molecular weight is 397 g/mol. The number of imide groups is 2. The number of anilines is 1. The van der Waals surface area contributed by atoms with Gasteiger partial charge >= 0.3 is 6.03 Å².